The molecule has 0 N–H and O–H groups in total. The first kappa shape index (κ1) is 46.7. The molecule has 0 aliphatic heterocycles. The fourth-order valence-corrected chi connectivity index (χ4v) is 11.8. The van der Waals surface area contributed by atoms with Gasteiger partial charge in [-0.05, 0) is 117 Å². The van der Waals surface area contributed by atoms with E-state index in [1.54, 1.807) is 0 Å². The number of fused-ring (bicyclic) bond motifs is 14. The van der Waals surface area contributed by atoms with Crippen molar-refractivity contribution in [1.82, 2.24) is 4.40 Å². The average Bonchev–Trinajstić information content (AvgIpc) is 4.22. The van der Waals surface area contributed by atoms with E-state index < -0.39 is 0 Å². The van der Waals surface area contributed by atoms with Crippen molar-refractivity contribution < 1.29 is 8.83 Å². The highest BCUT2D eigenvalue weighted by atomic mass is 16.3. The molecule has 0 spiro atoms. The van der Waals surface area contributed by atoms with E-state index in [1.807, 2.05) is 0 Å². The Morgan fingerprint density at radius 1 is 0.307 bits per heavy atom. The third-order valence-electron chi connectivity index (χ3n) is 15.9. The number of aromatic nitrogens is 1. The van der Waals surface area contributed by atoms with Crippen LogP contribution in [0.1, 0.15) is 105 Å². The van der Waals surface area contributed by atoms with Crippen molar-refractivity contribution in [3.05, 3.63) is 198 Å². The first-order valence-corrected chi connectivity index (χ1v) is 26.7. The molecule has 13 rings (SSSR count). The molecule has 9 aromatic carbocycles. The Morgan fingerprint density at radius 2 is 0.600 bits per heavy atom. The summed E-state index contributed by atoms with van der Waals surface area (Å²) in [6.07, 6.45) is 0. The Balaban J connectivity index is 1.21. The van der Waals surface area contributed by atoms with E-state index >= 15 is 0 Å². The molecule has 0 aliphatic carbocycles. The van der Waals surface area contributed by atoms with E-state index in [0.717, 1.165) is 116 Å². The lowest BCUT2D eigenvalue weighted by Crippen LogP contribution is -2.14. The van der Waals surface area contributed by atoms with Crippen LogP contribution in [0, 0.1) is 0 Å². The van der Waals surface area contributed by atoms with Crippen molar-refractivity contribution in [2.45, 2.75) is 105 Å². The van der Waals surface area contributed by atoms with Crippen molar-refractivity contribution in [1.29, 1.82) is 0 Å². The molecule has 0 saturated carbocycles. The van der Waals surface area contributed by atoms with Crippen molar-refractivity contribution in [3.8, 4) is 0 Å². The highest BCUT2D eigenvalue weighted by Crippen LogP contribution is 2.55. The van der Waals surface area contributed by atoms with Crippen LogP contribution in [0.4, 0.5) is 34.1 Å². The molecule has 0 bridgehead atoms. The Morgan fingerprint density at radius 3 is 0.907 bits per heavy atom. The molecule has 4 aromatic heterocycles. The van der Waals surface area contributed by atoms with Crippen LogP contribution in [-0.2, 0) is 21.7 Å². The predicted molar refractivity (Wildman–Crippen MR) is 320 cm³/mol. The molecule has 0 atom stereocenters. The Kier molecular flexibility index (Phi) is 10.1. The number of furan rings is 2. The summed E-state index contributed by atoms with van der Waals surface area (Å²) in [6.45, 7) is 27.4. The lowest BCUT2D eigenvalue weighted by Gasteiger charge is -2.29. The summed E-state index contributed by atoms with van der Waals surface area (Å²) in [7, 11) is 0. The van der Waals surface area contributed by atoms with Gasteiger partial charge in [-0.15, -0.1) is 0 Å². The van der Waals surface area contributed by atoms with E-state index in [1.165, 1.54) is 22.3 Å². The van der Waals surface area contributed by atoms with Crippen LogP contribution in [0.15, 0.2) is 185 Å². The summed E-state index contributed by atoms with van der Waals surface area (Å²) in [6, 6.07) is 65.4. The Hall–Kier alpha value is -8.02. The molecule has 0 aliphatic rings. The van der Waals surface area contributed by atoms with Gasteiger partial charge in [0.05, 0.1) is 16.9 Å². The minimum absolute atomic E-state index is 0.00397. The topological polar surface area (TPSA) is 37.2 Å². The molecular weight excluding hydrogens is 915 g/mol. The average molecular weight is 980 g/mol. The van der Waals surface area contributed by atoms with E-state index in [2.05, 4.69) is 273 Å². The van der Waals surface area contributed by atoms with Crippen molar-refractivity contribution in [2.24, 2.45) is 0 Å². The van der Waals surface area contributed by atoms with Gasteiger partial charge in [0, 0.05) is 65.8 Å². The number of para-hydroxylation sites is 3. The summed E-state index contributed by atoms with van der Waals surface area (Å²) < 4.78 is 16.9. The number of hydrogen-bond acceptors (Lipinski definition) is 4. The Bertz CT molecular complexity index is 3960. The van der Waals surface area contributed by atoms with Gasteiger partial charge in [0.2, 0.25) is 0 Å². The molecule has 4 heterocycles. The molecule has 0 fully saturated rings. The number of anilines is 6. The summed E-state index contributed by atoms with van der Waals surface area (Å²) >= 11 is 0. The largest absolute Gasteiger partial charge is 0.454 e. The van der Waals surface area contributed by atoms with Gasteiger partial charge in [0.1, 0.15) is 22.2 Å². The fraction of sp³-hybridized carbons (Fsp3) is 0.229. The molecule has 75 heavy (non-hydrogen) atoms. The van der Waals surface area contributed by atoms with Gasteiger partial charge in [0.15, 0.2) is 11.2 Å². The minimum Gasteiger partial charge on any atom is -0.454 e. The van der Waals surface area contributed by atoms with Crippen LogP contribution in [0.25, 0.3) is 82.0 Å². The van der Waals surface area contributed by atoms with Gasteiger partial charge >= 0.3 is 0 Å². The standard InChI is InChI=1S/C70H65N3O2/c1-67(2,3)42-24-32-46(33-25-42)71(47-34-26-43(27-35-47)68(4,5)6)56-40-54-50-18-13-15-22-58(50)74-65(54)63-60(56)52-20-17-21-53-61-57(41-55-51-19-14-16-23-59(51)75-66(55)64(61)73(63)62(52)53)72(48-36-28-44(29-37-48)69(7,8)9)49-38-30-45(31-39-49)70(10,11)12/h13-41H,1-12H3. The Labute approximate surface area is 439 Å². The molecule has 0 saturated heterocycles. The fourth-order valence-electron chi connectivity index (χ4n) is 11.8. The first-order chi connectivity index (χ1) is 35.7. The molecular formula is C70H65N3O2. The third kappa shape index (κ3) is 7.33. The number of rotatable bonds is 6. The van der Waals surface area contributed by atoms with Gasteiger partial charge in [-0.2, -0.15) is 0 Å². The monoisotopic (exact) mass is 980 g/mol. The zero-order valence-corrected chi connectivity index (χ0v) is 45.4. The second-order valence-corrected chi connectivity index (χ2v) is 25.1. The van der Waals surface area contributed by atoms with Crippen LogP contribution in [0.5, 0.6) is 0 Å². The molecule has 0 radical (unpaired) electrons. The predicted octanol–water partition coefficient (Wildman–Crippen LogP) is 20.8. The third-order valence-corrected chi connectivity index (χ3v) is 15.9. The van der Waals surface area contributed by atoms with Gasteiger partial charge in [-0.25, -0.2) is 0 Å². The molecule has 5 heteroatoms. The second kappa shape index (κ2) is 16.2. The summed E-state index contributed by atoms with van der Waals surface area (Å²) in [5.41, 5.74) is 18.2. The zero-order valence-electron chi connectivity index (χ0n) is 45.4. The van der Waals surface area contributed by atoms with Crippen LogP contribution in [-0.4, -0.2) is 4.40 Å². The van der Waals surface area contributed by atoms with E-state index in [0.29, 0.717) is 0 Å². The SMILES string of the molecule is CC(C)(C)c1ccc(N(c2ccc(C(C)(C)C)cc2)c2cc3c4ccccc4oc3c3c2c2cccc4c5c(N(c6ccc(C(C)(C)C)cc6)c6ccc(C(C)(C)C)cc6)cc6c7ccccc7oc6c5n3c24)cc1. The van der Waals surface area contributed by atoms with Crippen LogP contribution >= 0.6 is 0 Å². The van der Waals surface area contributed by atoms with E-state index in [-0.39, 0.29) is 21.7 Å². The lowest BCUT2D eigenvalue weighted by molar-refractivity contribution is 0.590. The van der Waals surface area contributed by atoms with Gasteiger partial charge in [0.25, 0.3) is 0 Å². The van der Waals surface area contributed by atoms with Crippen molar-refractivity contribution in [3.63, 3.8) is 0 Å². The van der Waals surface area contributed by atoms with Crippen LogP contribution in [0.3, 0.4) is 0 Å². The van der Waals surface area contributed by atoms with Crippen molar-refractivity contribution in [2.75, 3.05) is 9.80 Å². The number of hydrogen-bond donors (Lipinski definition) is 0. The molecule has 0 amide bonds. The minimum atomic E-state index is -0.00397. The highest BCUT2D eigenvalue weighted by Gasteiger charge is 2.32. The quantitative estimate of drug-likeness (QED) is 0.166. The lowest BCUT2D eigenvalue weighted by atomic mass is 9.86. The van der Waals surface area contributed by atoms with Crippen LogP contribution in [0.2, 0.25) is 0 Å². The number of nitrogens with zero attached hydrogens (tertiary/aromatic N) is 3. The second-order valence-electron chi connectivity index (χ2n) is 25.1. The smallest absolute Gasteiger partial charge is 0.160 e. The molecule has 372 valence electrons. The first-order valence-electron chi connectivity index (χ1n) is 26.7. The van der Waals surface area contributed by atoms with Crippen LogP contribution < -0.4 is 9.80 Å². The highest BCUT2D eigenvalue weighted by molar-refractivity contribution is 6.36. The van der Waals surface area contributed by atoms with Crippen molar-refractivity contribution >= 4 is 116 Å². The summed E-state index contributed by atoms with van der Waals surface area (Å²) in [4.78, 5) is 4.94. The molecule has 13 aromatic rings. The van der Waals surface area contributed by atoms with E-state index in [4.69, 9.17) is 8.83 Å². The summed E-state index contributed by atoms with van der Waals surface area (Å²) in [5.74, 6) is 0. The number of benzene rings is 9. The molecule has 5 nitrogen and oxygen atoms in total. The maximum Gasteiger partial charge on any atom is 0.160 e. The van der Waals surface area contributed by atoms with E-state index in [9.17, 15) is 0 Å². The van der Waals surface area contributed by atoms with Gasteiger partial charge in [-0.1, -0.05) is 186 Å². The van der Waals surface area contributed by atoms with Gasteiger partial charge < -0.3 is 23.0 Å². The van der Waals surface area contributed by atoms with Gasteiger partial charge in [-0.3, -0.25) is 0 Å². The maximum atomic E-state index is 7.21. The maximum absolute atomic E-state index is 7.21. The zero-order chi connectivity index (χ0) is 52.1. The molecule has 0 unspecified atom stereocenters. The summed E-state index contributed by atoms with van der Waals surface area (Å²) in [5, 5.41) is 8.78. The normalized spacial score (nSPS) is 13.1.